The van der Waals surface area contributed by atoms with Gasteiger partial charge in [0.15, 0.2) is 4.63 Å². The number of nitrogens with zero attached hydrogens (tertiary/aromatic N) is 1. The van der Waals surface area contributed by atoms with Gasteiger partial charge in [-0.3, -0.25) is 0 Å². The average molecular weight is 404 g/mol. The molecule has 0 aliphatic heterocycles. The van der Waals surface area contributed by atoms with Crippen LogP contribution in [0.1, 0.15) is 0 Å². The minimum atomic E-state index is -4.08. The molecule has 0 bridgehead atoms. The summed E-state index contributed by atoms with van der Waals surface area (Å²) in [6.07, 6.45) is 0. The van der Waals surface area contributed by atoms with E-state index in [1.165, 1.54) is 24.3 Å². The zero-order valence-electron chi connectivity index (χ0n) is 8.83. The Morgan fingerprint density at radius 3 is 1.95 bits per heavy atom. The van der Waals surface area contributed by atoms with Crippen LogP contribution in [0.2, 0.25) is 5.02 Å². The first-order chi connectivity index (χ1) is 8.55. The van der Waals surface area contributed by atoms with Gasteiger partial charge in [0.05, 0.1) is 4.90 Å². The van der Waals surface area contributed by atoms with Crippen molar-refractivity contribution in [2.24, 2.45) is 4.99 Å². The summed E-state index contributed by atoms with van der Waals surface area (Å²) in [5.74, 6) is 0. The van der Waals surface area contributed by atoms with Crippen molar-refractivity contribution in [2.75, 3.05) is 0 Å². The molecule has 106 valence electrons. The molecule has 0 fully saturated rings. The van der Waals surface area contributed by atoms with Crippen LogP contribution in [0.5, 0.6) is 0 Å². The molecule has 0 radical (unpaired) electrons. The highest BCUT2D eigenvalue weighted by Gasteiger charge is 2.43. The lowest BCUT2D eigenvalue weighted by Crippen LogP contribution is -2.33. The van der Waals surface area contributed by atoms with Crippen molar-refractivity contribution >= 4 is 84.1 Å². The second-order valence-electron chi connectivity index (χ2n) is 3.26. The van der Waals surface area contributed by atoms with Crippen LogP contribution in [-0.4, -0.2) is 22.2 Å². The highest BCUT2D eigenvalue weighted by atomic mass is 35.6. The van der Waals surface area contributed by atoms with Crippen LogP contribution in [0, 0.1) is 0 Å². The molecule has 0 saturated heterocycles. The van der Waals surface area contributed by atoms with Crippen molar-refractivity contribution in [3.8, 4) is 0 Å². The number of rotatable bonds is 3. The molecule has 0 heterocycles. The van der Waals surface area contributed by atoms with E-state index in [0.717, 1.165) is 0 Å². The zero-order valence-corrected chi connectivity index (χ0v) is 14.2. The van der Waals surface area contributed by atoms with Crippen LogP contribution in [-0.2, 0) is 9.84 Å². The van der Waals surface area contributed by atoms with E-state index in [9.17, 15) is 8.42 Å². The first kappa shape index (κ1) is 17.6. The molecular weight excluding hydrogens is 399 g/mol. The predicted molar refractivity (Wildman–Crippen MR) is 81.9 cm³/mol. The van der Waals surface area contributed by atoms with Gasteiger partial charge in [-0.25, -0.2) is 13.4 Å². The third-order valence-electron chi connectivity index (χ3n) is 1.93. The molecule has 1 atom stereocenters. The SMILES string of the molecule is O=S(=O)(c1ccc(Cl)cc1)[C@H](N=C(Cl)Cl)C(Cl)(Cl)Cl. The summed E-state index contributed by atoms with van der Waals surface area (Å²) in [4.78, 5) is 3.33. The highest BCUT2D eigenvalue weighted by Crippen LogP contribution is 2.38. The summed E-state index contributed by atoms with van der Waals surface area (Å²) in [5, 5.41) is -1.40. The van der Waals surface area contributed by atoms with E-state index < -0.39 is 23.6 Å². The lowest BCUT2D eigenvalue weighted by Gasteiger charge is -2.20. The Morgan fingerprint density at radius 1 is 1.11 bits per heavy atom. The van der Waals surface area contributed by atoms with Gasteiger partial charge in [0.2, 0.25) is 19.0 Å². The topological polar surface area (TPSA) is 46.5 Å². The van der Waals surface area contributed by atoms with Gasteiger partial charge in [-0.15, -0.1) is 0 Å². The molecular formula is C9H5Cl6NO2S. The van der Waals surface area contributed by atoms with Crippen LogP contribution in [0.25, 0.3) is 0 Å². The first-order valence-electron chi connectivity index (χ1n) is 4.50. The second kappa shape index (κ2) is 6.56. The van der Waals surface area contributed by atoms with E-state index in [4.69, 9.17) is 69.6 Å². The van der Waals surface area contributed by atoms with Crippen molar-refractivity contribution in [2.45, 2.75) is 14.1 Å². The number of halogens is 6. The minimum Gasteiger partial charge on any atom is -0.238 e. The Morgan fingerprint density at radius 2 is 1.58 bits per heavy atom. The van der Waals surface area contributed by atoms with Crippen molar-refractivity contribution in [1.29, 1.82) is 0 Å². The lowest BCUT2D eigenvalue weighted by molar-refractivity contribution is 0.582. The number of alkyl halides is 3. The fourth-order valence-electron chi connectivity index (χ4n) is 1.16. The maximum absolute atomic E-state index is 12.3. The van der Waals surface area contributed by atoms with Crippen LogP contribution in [0.15, 0.2) is 34.2 Å². The van der Waals surface area contributed by atoms with Crippen molar-refractivity contribution in [3.05, 3.63) is 29.3 Å². The van der Waals surface area contributed by atoms with Gasteiger partial charge in [-0.05, 0) is 47.5 Å². The molecule has 0 unspecified atom stereocenters. The summed E-state index contributed by atoms with van der Waals surface area (Å²) < 4.78 is 21.8. The fraction of sp³-hybridized carbons (Fsp3) is 0.222. The highest BCUT2D eigenvalue weighted by molar-refractivity contribution is 7.92. The summed E-state index contributed by atoms with van der Waals surface area (Å²) in [5.41, 5.74) is 0. The zero-order chi connectivity index (χ0) is 14.8. The van der Waals surface area contributed by atoms with Gasteiger partial charge < -0.3 is 0 Å². The minimum absolute atomic E-state index is 0.119. The standard InChI is InChI=1S/C9H5Cl6NO2S/c10-5-1-3-6(4-2-5)19(17,18)7(9(13,14)15)16-8(11)12/h1-4,7H/t7-/m0/s1. The van der Waals surface area contributed by atoms with Crippen LogP contribution in [0.4, 0.5) is 0 Å². The van der Waals surface area contributed by atoms with E-state index in [1.54, 1.807) is 0 Å². The number of sulfone groups is 1. The Kier molecular flexibility index (Phi) is 6.09. The third-order valence-corrected chi connectivity index (χ3v) is 5.36. The number of aliphatic imine (C=N–C) groups is 1. The van der Waals surface area contributed by atoms with Crippen molar-refractivity contribution < 1.29 is 8.42 Å². The summed E-state index contributed by atoms with van der Waals surface area (Å²) in [7, 11) is -4.08. The summed E-state index contributed by atoms with van der Waals surface area (Å²) >= 11 is 33.2. The third kappa shape index (κ3) is 4.81. The Balaban J connectivity index is 3.36. The molecule has 3 nitrogen and oxygen atoms in total. The van der Waals surface area contributed by atoms with Gasteiger partial charge in [-0.1, -0.05) is 46.4 Å². The van der Waals surface area contributed by atoms with E-state index >= 15 is 0 Å². The fourth-order valence-corrected chi connectivity index (χ4v) is 4.17. The monoisotopic (exact) mass is 401 g/mol. The number of benzene rings is 1. The Labute approximate surface area is 140 Å². The van der Waals surface area contributed by atoms with Crippen LogP contribution < -0.4 is 0 Å². The molecule has 0 aromatic heterocycles. The molecule has 0 N–H and O–H groups in total. The Hall–Kier alpha value is 0.580. The molecule has 1 aromatic carbocycles. The summed E-state index contributed by atoms with van der Waals surface area (Å²) in [6, 6.07) is 5.29. The van der Waals surface area contributed by atoms with E-state index in [1.807, 2.05) is 0 Å². The molecule has 10 heteroatoms. The second-order valence-corrected chi connectivity index (χ2v) is 8.99. The predicted octanol–water partition coefficient (Wildman–Crippen LogP) is 4.64. The largest absolute Gasteiger partial charge is 0.238 e. The summed E-state index contributed by atoms with van der Waals surface area (Å²) in [6.45, 7) is 0. The van der Waals surface area contributed by atoms with Crippen LogP contribution in [0.3, 0.4) is 0 Å². The Bertz CT molecular complexity index is 574. The van der Waals surface area contributed by atoms with Crippen molar-refractivity contribution in [1.82, 2.24) is 0 Å². The maximum Gasteiger partial charge on any atom is 0.227 e. The van der Waals surface area contributed by atoms with E-state index in [-0.39, 0.29) is 4.90 Å². The van der Waals surface area contributed by atoms with Gasteiger partial charge in [0, 0.05) is 5.02 Å². The van der Waals surface area contributed by atoms with E-state index in [2.05, 4.69) is 4.99 Å². The smallest absolute Gasteiger partial charge is 0.227 e. The molecule has 0 amide bonds. The normalized spacial score (nSPS) is 14.0. The molecule has 0 aliphatic rings. The van der Waals surface area contributed by atoms with Gasteiger partial charge in [0.1, 0.15) is 0 Å². The van der Waals surface area contributed by atoms with Gasteiger partial charge in [0.25, 0.3) is 0 Å². The quantitative estimate of drug-likeness (QED) is 0.545. The van der Waals surface area contributed by atoms with Crippen molar-refractivity contribution in [3.63, 3.8) is 0 Å². The molecule has 0 saturated carbocycles. The average Bonchev–Trinajstić information content (AvgIpc) is 2.24. The van der Waals surface area contributed by atoms with Gasteiger partial charge >= 0.3 is 0 Å². The number of hydrogen-bond donors (Lipinski definition) is 0. The molecule has 19 heavy (non-hydrogen) atoms. The van der Waals surface area contributed by atoms with E-state index in [0.29, 0.717) is 5.02 Å². The molecule has 0 aliphatic carbocycles. The van der Waals surface area contributed by atoms with Gasteiger partial charge in [-0.2, -0.15) is 0 Å². The first-order valence-corrected chi connectivity index (χ1v) is 8.31. The molecule has 1 aromatic rings. The lowest BCUT2D eigenvalue weighted by atomic mass is 10.4. The number of hydrogen-bond acceptors (Lipinski definition) is 3. The maximum atomic E-state index is 12.3. The van der Waals surface area contributed by atoms with Crippen LogP contribution >= 0.6 is 69.6 Å². The molecule has 0 spiro atoms. The molecule has 1 rings (SSSR count).